The second-order valence-electron chi connectivity index (χ2n) is 3.78. The molecule has 1 aromatic rings. The van der Waals surface area contributed by atoms with E-state index in [-0.39, 0.29) is 5.91 Å². The zero-order chi connectivity index (χ0) is 13.5. The molecule has 0 saturated carbocycles. The van der Waals surface area contributed by atoms with Gasteiger partial charge in [0.25, 0.3) is 0 Å². The van der Waals surface area contributed by atoms with Crippen molar-refractivity contribution in [2.75, 3.05) is 6.61 Å². The Labute approximate surface area is 111 Å². The molecule has 1 unspecified atom stereocenters. The lowest BCUT2D eigenvalue weighted by atomic mass is 10.2. The Morgan fingerprint density at radius 3 is 2.83 bits per heavy atom. The van der Waals surface area contributed by atoms with Crippen molar-refractivity contribution in [3.05, 3.63) is 28.0 Å². The van der Waals surface area contributed by atoms with Gasteiger partial charge in [-0.15, -0.1) is 11.3 Å². The summed E-state index contributed by atoms with van der Waals surface area (Å²) < 4.78 is 4.80. The van der Waals surface area contributed by atoms with E-state index in [4.69, 9.17) is 4.74 Å². The van der Waals surface area contributed by atoms with Crippen LogP contribution in [0.15, 0.2) is 17.5 Å². The number of carbonyl (C=O) groups is 2. The molecule has 1 N–H and O–H groups in total. The summed E-state index contributed by atoms with van der Waals surface area (Å²) in [6.07, 6.45) is 3.17. The van der Waals surface area contributed by atoms with Crippen LogP contribution < -0.4 is 5.32 Å². The van der Waals surface area contributed by atoms with Gasteiger partial charge in [-0.05, 0) is 43.9 Å². The van der Waals surface area contributed by atoms with Crippen molar-refractivity contribution < 1.29 is 14.3 Å². The van der Waals surface area contributed by atoms with Gasteiger partial charge in [0.15, 0.2) is 0 Å². The van der Waals surface area contributed by atoms with E-state index in [0.29, 0.717) is 6.61 Å². The lowest BCUT2D eigenvalue weighted by Gasteiger charge is -2.10. The molecule has 0 bridgehead atoms. The highest BCUT2D eigenvalue weighted by atomic mass is 32.1. The largest absolute Gasteiger partial charge is 0.464 e. The Balaban J connectivity index is 2.49. The lowest BCUT2D eigenvalue weighted by molar-refractivity contribution is -0.146. The zero-order valence-corrected chi connectivity index (χ0v) is 11.5. The van der Waals surface area contributed by atoms with Crippen LogP contribution >= 0.6 is 11.3 Å². The summed E-state index contributed by atoms with van der Waals surface area (Å²) >= 11 is 1.57. The van der Waals surface area contributed by atoms with Crippen LogP contribution in [0.1, 0.15) is 24.3 Å². The molecule has 0 radical (unpaired) electrons. The average Bonchev–Trinajstić information content (AvgIpc) is 2.72. The van der Waals surface area contributed by atoms with Gasteiger partial charge in [-0.1, -0.05) is 0 Å². The maximum Gasteiger partial charge on any atom is 0.328 e. The Kier molecular flexibility index (Phi) is 5.58. The van der Waals surface area contributed by atoms with Crippen molar-refractivity contribution in [3.63, 3.8) is 0 Å². The molecule has 0 aromatic carbocycles. The molecule has 18 heavy (non-hydrogen) atoms. The van der Waals surface area contributed by atoms with E-state index in [0.717, 1.165) is 10.4 Å². The first-order chi connectivity index (χ1) is 8.54. The highest BCUT2D eigenvalue weighted by molar-refractivity contribution is 7.11. The van der Waals surface area contributed by atoms with Gasteiger partial charge in [0.1, 0.15) is 6.04 Å². The quantitative estimate of drug-likeness (QED) is 0.657. The zero-order valence-electron chi connectivity index (χ0n) is 10.7. The topological polar surface area (TPSA) is 55.4 Å². The molecule has 0 fully saturated rings. The normalized spacial score (nSPS) is 12.4. The van der Waals surface area contributed by atoms with E-state index in [1.807, 2.05) is 18.4 Å². The standard InChI is InChI=1S/C13H17NO3S/c1-4-17-13(16)10(3)14-12(15)6-5-11-9(2)7-8-18-11/h5-8,10H,4H2,1-3H3,(H,14,15). The first-order valence-electron chi connectivity index (χ1n) is 5.74. The number of aryl methyl sites for hydroxylation is 1. The van der Waals surface area contributed by atoms with Crippen LogP contribution in [0.3, 0.4) is 0 Å². The fourth-order valence-electron chi connectivity index (χ4n) is 1.29. The van der Waals surface area contributed by atoms with Gasteiger partial charge in [-0.3, -0.25) is 4.79 Å². The number of carbonyl (C=O) groups excluding carboxylic acids is 2. The molecule has 98 valence electrons. The van der Waals surface area contributed by atoms with Gasteiger partial charge in [0.05, 0.1) is 6.61 Å². The van der Waals surface area contributed by atoms with E-state index in [1.54, 1.807) is 31.3 Å². The Morgan fingerprint density at radius 2 is 2.28 bits per heavy atom. The van der Waals surface area contributed by atoms with E-state index in [1.165, 1.54) is 6.08 Å². The Morgan fingerprint density at radius 1 is 1.56 bits per heavy atom. The number of thiophene rings is 1. The number of nitrogens with one attached hydrogen (secondary N) is 1. The van der Waals surface area contributed by atoms with E-state index < -0.39 is 12.0 Å². The van der Waals surface area contributed by atoms with Gasteiger partial charge < -0.3 is 10.1 Å². The van der Waals surface area contributed by atoms with Gasteiger partial charge in [-0.2, -0.15) is 0 Å². The lowest BCUT2D eigenvalue weighted by Crippen LogP contribution is -2.38. The molecule has 0 spiro atoms. The molecule has 1 aromatic heterocycles. The van der Waals surface area contributed by atoms with Crippen LogP contribution in [0.2, 0.25) is 0 Å². The van der Waals surface area contributed by atoms with E-state index in [9.17, 15) is 9.59 Å². The fraction of sp³-hybridized carbons (Fsp3) is 0.385. The molecule has 5 heteroatoms. The summed E-state index contributed by atoms with van der Waals surface area (Å²) in [4.78, 5) is 23.9. The predicted molar refractivity (Wildman–Crippen MR) is 72.3 cm³/mol. The van der Waals surface area contributed by atoms with Gasteiger partial charge in [0, 0.05) is 11.0 Å². The van der Waals surface area contributed by atoms with Crippen LogP contribution in [0.5, 0.6) is 0 Å². The average molecular weight is 267 g/mol. The summed E-state index contributed by atoms with van der Waals surface area (Å²) in [7, 11) is 0. The second kappa shape index (κ2) is 6.96. The molecule has 0 aliphatic carbocycles. The first-order valence-corrected chi connectivity index (χ1v) is 6.62. The molecular weight excluding hydrogens is 250 g/mol. The SMILES string of the molecule is CCOC(=O)C(C)NC(=O)C=Cc1sccc1C. The molecule has 1 atom stereocenters. The van der Waals surface area contributed by atoms with E-state index in [2.05, 4.69) is 5.32 Å². The van der Waals surface area contributed by atoms with Crippen molar-refractivity contribution in [2.45, 2.75) is 26.8 Å². The fourth-order valence-corrected chi connectivity index (χ4v) is 2.11. The van der Waals surface area contributed by atoms with Crippen molar-refractivity contribution in [1.82, 2.24) is 5.32 Å². The first kappa shape index (κ1) is 14.4. The number of rotatable bonds is 5. The van der Waals surface area contributed by atoms with Crippen LogP contribution in [0.25, 0.3) is 6.08 Å². The molecule has 0 saturated heterocycles. The number of ether oxygens (including phenoxy) is 1. The Bertz CT molecular complexity index is 451. The predicted octanol–water partition coefficient (Wildman–Crippen LogP) is 2.14. The maximum absolute atomic E-state index is 11.6. The number of hydrogen-bond donors (Lipinski definition) is 1. The molecule has 0 aliphatic heterocycles. The second-order valence-corrected chi connectivity index (χ2v) is 4.73. The third-order valence-electron chi connectivity index (χ3n) is 2.29. The van der Waals surface area contributed by atoms with Crippen LogP contribution in [0, 0.1) is 6.92 Å². The summed E-state index contributed by atoms with van der Waals surface area (Å²) in [5.41, 5.74) is 1.13. The smallest absolute Gasteiger partial charge is 0.328 e. The monoisotopic (exact) mass is 267 g/mol. The molecule has 1 heterocycles. The summed E-state index contributed by atoms with van der Waals surface area (Å²) in [6, 6.07) is 1.36. The summed E-state index contributed by atoms with van der Waals surface area (Å²) in [5.74, 6) is -0.727. The number of esters is 1. The summed E-state index contributed by atoms with van der Waals surface area (Å²) in [5, 5.41) is 4.52. The third kappa shape index (κ3) is 4.33. The highest BCUT2D eigenvalue weighted by Crippen LogP contribution is 2.16. The minimum atomic E-state index is -0.633. The van der Waals surface area contributed by atoms with Crippen LogP contribution in [0.4, 0.5) is 0 Å². The van der Waals surface area contributed by atoms with Crippen molar-refractivity contribution in [3.8, 4) is 0 Å². The van der Waals surface area contributed by atoms with Gasteiger partial charge >= 0.3 is 5.97 Å². The van der Waals surface area contributed by atoms with Gasteiger partial charge in [0.2, 0.25) is 5.91 Å². The molecule has 1 amide bonds. The molecule has 4 nitrogen and oxygen atoms in total. The van der Waals surface area contributed by atoms with Crippen LogP contribution in [-0.4, -0.2) is 24.5 Å². The third-order valence-corrected chi connectivity index (χ3v) is 3.27. The minimum Gasteiger partial charge on any atom is -0.464 e. The molecule has 1 rings (SSSR count). The Hall–Kier alpha value is -1.62. The summed E-state index contributed by atoms with van der Waals surface area (Å²) in [6.45, 7) is 5.62. The minimum absolute atomic E-state index is 0.302. The van der Waals surface area contributed by atoms with Crippen LogP contribution in [-0.2, 0) is 14.3 Å². The molecular formula is C13H17NO3S. The number of amides is 1. The van der Waals surface area contributed by atoms with Gasteiger partial charge in [-0.25, -0.2) is 4.79 Å². The van der Waals surface area contributed by atoms with Crippen molar-refractivity contribution >= 4 is 29.3 Å². The van der Waals surface area contributed by atoms with Crippen molar-refractivity contribution in [2.24, 2.45) is 0 Å². The number of hydrogen-bond acceptors (Lipinski definition) is 4. The van der Waals surface area contributed by atoms with Crippen molar-refractivity contribution in [1.29, 1.82) is 0 Å². The van der Waals surface area contributed by atoms with E-state index >= 15 is 0 Å². The molecule has 0 aliphatic rings. The highest BCUT2D eigenvalue weighted by Gasteiger charge is 2.14. The maximum atomic E-state index is 11.6.